The van der Waals surface area contributed by atoms with Gasteiger partial charge in [-0.2, -0.15) is 0 Å². The van der Waals surface area contributed by atoms with Crippen LogP contribution in [-0.2, 0) is 9.53 Å². The lowest BCUT2D eigenvalue weighted by molar-refractivity contribution is -0.160. The lowest BCUT2D eigenvalue weighted by atomic mass is 10.0. The summed E-state index contributed by atoms with van der Waals surface area (Å²) in [5, 5.41) is 0. The van der Waals surface area contributed by atoms with Crippen molar-refractivity contribution >= 4 is 11.6 Å². The van der Waals surface area contributed by atoms with E-state index in [1.807, 2.05) is 13.0 Å². The molecule has 0 aromatic heterocycles. The van der Waals surface area contributed by atoms with Crippen LogP contribution in [0, 0.1) is 6.92 Å². The zero-order valence-electron chi connectivity index (χ0n) is 10.1. The van der Waals surface area contributed by atoms with Crippen LogP contribution in [-0.4, -0.2) is 24.5 Å². The fourth-order valence-electron chi connectivity index (χ4n) is 1.34. The topological polar surface area (TPSA) is 43.4 Å². The summed E-state index contributed by atoms with van der Waals surface area (Å²) in [6.07, 6.45) is -0.496. The number of benzene rings is 1. The number of carbonyl (C=O) groups excluding carboxylic acids is 2. The lowest BCUT2D eigenvalue weighted by Crippen LogP contribution is -2.33. The second-order valence-electron chi connectivity index (χ2n) is 4.01. The fraction of sp³-hybridized carbons (Fsp3) is 0.385. The number of aryl methyl sites for hydroxylation is 1. The fourth-order valence-corrected chi connectivity index (χ4v) is 1.34. The minimum Gasteiger partial charge on any atom is -0.344 e. The molecule has 3 nitrogen and oxygen atoms in total. The van der Waals surface area contributed by atoms with Gasteiger partial charge in [0, 0.05) is 19.6 Å². The number of Topliss-reactive ketones (excluding diaryl/α,β-unsaturated/α-hetero) is 2. The SMILES string of the molecule is COC(C)(F)C(=O)CC(=O)c1cccc(C)c1. The van der Waals surface area contributed by atoms with Crippen LogP contribution in [0.1, 0.15) is 29.3 Å². The summed E-state index contributed by atoms with van der Waals surface area (Å²) in [7, 11) is 1.09. The van der Waals surface area contributed by atoms with Gasteiger partial charge in [0.2, 0.25) is 5.78 Å². The molecule has 0 aliphatic heterocycles. The molecule has 1 aromatic carbocycles. The van der Waals surface area contributed by atoms with Gasteiger partial charge in [-0.15, -0.1) is 0 Å². The highest BCUT2D eigenvalue weighted by atomic mass is 19.2. The average molecular weight is 238 g/mol. The van der Waals surface area contributed by atoms with Crippen molar-refractivity contribution in [3.05, 3.63) is 35.4 Å². The third-order valence-corrected chi connectivity index (χ3v) is 2.54. The molecule has 0 amide bonds. The van der Waals surface area contributed by atoms with Gasteiger partial charge in [-0.25, -0.2) is 4.39 Å². The Morgan fingerprint density at radius 3 is 2.59 bits per heavy atom. The zero-order valence-corrected chi connectivity index (χ0v) is 10.1. The number of ketones is 2. The molecule has 17 heavy (non-hydrogen) atoms. The molecule has 1 atom stereocenters. The van der Waals surface area contributed by atoms with Gasteiger partial charge in [0.1, 0.15) is 0 Å². The van der Waals surface area contributed by atoms with E-state index in [0.29, 0.717) is 5.56 Å². The number of hydrogen-bond acceptors (Lipinski definition) is 3. The van der Waals surface area contributed by atoms with Gasteiger partial charge >= 0.3 is 0 Å². The standard InChI is InChI=1S/C13H15FO3/c1-9-5-4-6-10(7-9)11(15)8-12(16)13(2,14)17-3/h4-7H,8H2,1-3H3. The van der Waals surface area contributed by atoms with Crippen molar-refractivity contribution in [3.63, 3.8) is 0 Å². The lowest BCUT2D eigenvalue weighted by Gasteiger charge is -2.16. The van der Waals surface area contributed by atoms with Crippen molar-refractivity contribution in [3.8, 4) is 0 Å². The highest BCUT2D eigenvalue weighted by Crippen LogP contribution is 2.16. The van der Waals surface area contributed by atoms with Crippen molar-refractivity contribution < 1.29 is 18.7 Å². The second kappa shape index (κ2) is 5.19. The van der Waals surface area contributed by atoms with Gasteiger partial charge in [0.25, 0.3) is 5.85 Å². The van der Waals surface area contributed by atoms with Crippen LogP contribution in [0.25, 0.3) is 0 Å². The molecule has 0 saturated carbocycles. The van der Waals surface area contributed by atoms with E-state index >= 15 is 0 Å². The van der Waals surface area contributed by atoms with Crippen molar-refractivity contribution in [2.75, 3.05) is 7.11 Å². The number of hydrogen-bond donors (Lipinski definition) is 0. The summed E-state index contributed by atoms with van der Waals surface area (Å²) in [4.78, 5) is 23.2. The van der Waals surface area contributed by atoms with Crippen LogP contribution in [0.3, 0.4) is 0 Å². The first-order chi connectivity index (χ1) is 7.86. The van der Waals surface area contributed by atoms with Gasteiger partial charge in [0.05, 0.1) is 6.42 Å². The second-order valence-corrected chi connectivity index (χ2v) is 4.01. The van der Waals surface area contributed by atoms with Crippen molar-refractivity contribution in [2.24, 2.45) is 0 Å². The Kier molecular flexibility index (Phi) is 4.12. The molecule has 0 fully saturated rings. The van der Waals surface area contributed by atoms with Gasteiger partial charge < -0.3 is 4.74 Å². The monoisotopic (exact) mass is 238 g/mol. The Bertz CT molecular complexity index is 438. The van der Waals surface area contributed by atoms with Gasteiger partial charge in [-0.3, -0.25) is 9.59 Å². The summed E-state index contributed by atoms with van der Waals surface area (Å²) in [5.74, 6) is -3.68. The van der Waals surface area contributed by atoms with E-state index in [2.05, 4.69) is 4.74 Å². The van der Waals surface area contributed by atoms with Crippen LogP contribution in [0.2, 0.25) is 0 Å². The quantitative estimate of drug-likeness (QED) is 0.584. The first kappa shape index (κ1) is 13.5. The molecule has 0 aliphatic rings. The number of ether oxygens (including phenoxy) is 1. The van der Waals surface area contributed by atoms with Crippen molar-refractivity contribution in [1.29, 1.82) is 0 Å². The van der Waals surface area contributed by atoms with E-state index in [-0.39, 0.29) is 0 Å². The number of rotatable bonds is 5. The number of carbonyl (C=O) groups is 2. The Morgan fingerprint density at radius 2 is 2.06 bits per heavy atom. The Morgan fingerprint density at radius 1 is 1.41 bits per heavy atom. The smallest absolute Gasteiger partial charge is 0.265 e. The van der Waals surface area contributed by atoms with Gasteiger partial charge in [-0.1, -0.05) is 23.8 Å². The van der Waals surface area contributed by atoms with Crippen LogP contribution < -0.4 is 0 Å². The molecule has 0 radical (unpaired) electrons. The molecule has 92 valence electrons. The molecule has 0 heterocycles. The van der Waals surface area contributed by atoms with Crippen LogP contribution in [0.5, 0.6) is 0 Å². The molecule has 0 N–H and O–H groups in total. The Balaban J connectivity index is 2.77. The molecular weight excluding hydrogens is 223 g/mol. The van der Waals surface area contributed by atoms with E-state index in [9.17, 15) is 14.0 Å². The van der Waals surface area contributed by atoms with E-state index in [1.165, 1.54) is 0 Å². The maximum absolute atomic E-state index is 13.4. The van der Waals surface area contributed by atoms with Gasteiger partial charge in [-0.05, 0) is 13.0 Å². The summed E-state index contributed by atoms with van der Waals surface area (Å²) in [6, 6.07) is 6.83. The third-order valence-electron chi connectivity index (χ3n) is 2.54. The third kappa shape index (κ3) is 3.46. The molecule has 1 unspecified atom stereocenters. The number of alkyl halides is 1. The Labute approximate surface area is 99.6 Å². The molecule has 0 aliphatic carbocycles. The summed E-state index contributed by atoms with van der Waals surface area (Å²) in [5.41, 5.74) is 1.32. The number of methoxy groups -OCH3 is 1. The van der Waals surface area contributed by atoms with Crippen LogP contribution in [0.15, 0.2) is 24.3 Å². The molecule has 1 rings (SSSR count). The normalized spacial score (nSPS) is 14.1. The molecule has 1 aromatic rings. The summed E-state index contributed by atoms with van der Waals surface area (Å²) < 4.78 is 17.8. The average Bonchev–Trinajstić information content (AvgIpc) is 2.28. The predicted octanol–water partition coefficient (Wildman–Crippen LogP) is 2.47. The van der Waals surface area contributed by atoms with E-state index in [1.54, 1.807) is 18.2 Å². The highest BCUT2D eigenvalue weighted by Gasteiger charge is 2.33. The van der Waals surface area contributed by atoms with E-state index in [4.69, 9.17) is 0 Å². The van der Waals surface area contributed by atoms with Crippen LogP contribution in [0.4, 0.5) is 4.39 Å². The summed E-state index contributed by atoms with van der Waals surface area (Å²) in [6.45, 7) is 2.84. The van der Waals surface area contributed by atoms with Crippen molar-refractivity contribution in [2.45, 2.75) is 26.1 Å². The van der Waals surface area contributed by atoms with E-state index in [0.717, 1.165) is 19.6 Å². The van der Waals surface area contributed by atoms with Crippen molar-refractivity contribution in [1.82, 2.24) is 0 Å². The minimum atomic E-state index is -2.40. The summed E-state index contributed by atoms with van der Waals surface area (Å²) >= 11 is 0. The molecule has 4 heteroatoms. The first-order valence-electron chi connectivity index (χ1n) is 5.24. The molecule has 0 saturated heterocycles. The largest absolute Gasteiger partial charge is 0.344 e. The first-order valence-corrected chi connectivity index (χ1v) is 5.24. The number of halogens is 1. The molecule has 0 spiro atoms. The predicted molar refractivity (Wildman–Crippen MR) is 61.7 cm³/mol. The van der Waals surface area contributed by atoms with Crippen LogP contribution >= 0.6 is 0 Å². The van der Waals surface area contributed by atoms with E-state index < -0.39 is 23.8 Å². The maximum Gasteiger partial charge on any atom is 0.265 e. The molecular formula is C13H15FO3. The minimum absolute atomic E-state index is 0.403. The maximum atomic E-state index is 13.4. The Hall–Kier alpha value is -1.55. The zero-order chi connectivity index (χ0) is 13.1. The van der Waals surface area contributed by atoms with Gasteiger partial charge in [0.15, 0.2) is 5.78 Å². The highest BCUT2D eigenvalue weighted by molar-refractivity contribution is 6.09. The molecule has 0 bridgehead atoms.